The van der Waals surface area contributed by atoms with Gasteiger partial charge in [-0.1, -0.05) is 25.7 Å². The maximum atomic E-state index is 12.0. The van der Waals surface area contributed by atoms with E-state index in [0.29, 0.717) is 12.5 Å². The van der Waals surface area contributed by atoms with Gasteiger partial charge in [0.05, 0.1) is 6.61 Å². The smallest absolute Gasteiger partial charge is 0.426 e. The highest BCUT2D eigenvalue weighted by Gasteiger charge is 2.35. The number of hydrogen-bond acceptors (Lipinski definition) is 3. The Kier molecular flexibility index (Phi) is 5.05. The minimum absolute atomic E-state index is 0.0428. The SMILES string of the molecule is CCOC(=O)NNC(=O)C1CCC2CCCCC2C1. The van der Waals surface area contributed by atoms with Crippen LogP contribution in [0.3, 0.4) is 0 Å². The average Bonchev–Trinajstić information content (AvgIpc) is 2.44. The van der Waals surface area contributed by atoms with E-state index in [1.54, 1.807) is 6.92 Å². The van der Waals surface area contributed by atoms with Crippen molar-refractivity contribution in [2.75, 3.05) is 6.61 Å². The van der Waals surface area contributed by atoms with Gasteiger partial charge < -0.3 is 4.74 Å². The Morgan fingerprint density at radius 3 is 2.53 bits per heavy atom. The van der Waals surface area contributed by atoms with Crippen molar-refractivity contribution in [2.45, 2.75) is 51.9 Å². The molecule has 0 bridgehead atoms. The molecule has 2 amide bonds. The van der Waals surface area contributed by atoms with Crippen molar-refractivity contribution < 1.29 is 14.3 Å². The molecule has 5 heteroatoms. The summed E-state index contributed by atoms with van der Waals surface area (Å²) in [7, 11) is 0. The fourth-order valence-electron chi connectivity index (χ4n) is 3.49. The van der Waals surface area contributed by atoms with Crippen molar-refractivity contribution in [3.05, 3.63) is 0 Å². The fourth-order valence-corrected chi connectivity index (χ4v) is 3.49. The lowest BCUT2D eigenvalue weighted by Gasteiger charge is -2.38. The summed E-state index contributed by atoms with van der Waals surface area (Å²) in [5, 5.41) is 0. The number of rotatable bonds is 2. The van der Waals surface area contributed by atoms with Gasteiger partial charge in [0, 0.05) is 5.92 Å². The van der Waals surface area contributed by atoms with Crippen LogP contribution in [0.1, 0.15) is 51.9 Å². The van der Waals surface area contributed by atoms with E-state index in [4.69, 9.17) is 4.74 Å². The topological polar surface area (TPSA) is 67.4 Å². The van der Waals surface area contributed by atoms with Crippen LogP contribution in [0.25, 0.3) is 0 Å². The normalized spacial score (nSPS) is 30.1. The van der Waals surface area contributed by atoms with Gasteiger partial charge >= 0.3 is 6.09 Å². The highest BCUT2D eigenvalue weighted by molar-refractivity contribution is 5.81. The Morgan fingerprint density at radius 1 is 1.05 bits per heavy atom. The van der Waals surface area contributed by atoms with Crippen LogP contribution in [0, 0.1) is 17.8 Å². The molecule has 0 aromatic heterocycles. The first-order valence-electron chi connectivity index (χ1n) is 7.43. The van der Waals surface area contributed by atoms with Crippen LogP contribution in [-0.4, -0.2) is 18.6 Å². The maximum Gasteiger partial charge on any atom is 0.426 e. The third kappa shape index (κ3) is 3.85. The van der Waals surface area contributed by atoms with Gasteiger partial charge in [0.2, 0.25) is 5.91 Å². The lowest BCUT2D eigenvalue weighted by atomic mass is 9.67. The van der Waals surface area contributed by atoms with Gasteiger partial charge in [0.15, 0.2) is 0 Å². The maximum absolute atomic E-state index is 12.0. The van der Waals surface area contributed by atoms with Crippen molar-refractivity contribution >= 4 is 12.0 Å². The first kappa shape index (κ1) is 14.2. The highest BCUT2D eigenvalue weighted by atomic mass is 16.5. The number of hydrazine groups is 1. The number of fused-ring (bicyclic) bond motifs is 1. The molecule has 0 spiro atoms. The lowest BCUT2D eigenvalue weighted by Crippen LogP contribution is -2.46. The first-order chi connectivity index (χ1) is 9.20. The number of hydrogen-bond donors (Lipinski definition) is 2. The van der Waals surface area contributed by atoms with E-state index in [9.17, 15) is 9.59 Å². The molecule has 3 unspecified atom stereocenters. The number of amides is 2. The Labute approximate surface area is 114 Å². The molecule has 2 aliphatic rings. The van der Waals surface area contributed by atoms with Crippen LogP contribution < -0.4 is 10.9 Å². The number of ether oxygens (including phenoxy) is 1. The second-order valence-electron chi connectivity index (χ2n) is 5.65. The van der Waals surface area contributed by atoms with Gasteiger partial charge in [-0.05, 0) is 38.0 Å². The van der Waals surface area contributed by atoms with Crippen molar-refractivity contribution in [3.8, 4) is 0 Å². The number of nitrogens with one attached hydrogen (secondary N) is 2. The van der Waals surface area contributed by atoms with Crippen LogP contribution in [0.4, 0.5) is 4.79 Å². The molecule has 3 atom stereocenters. The van der Waals surface area contributed by atoms with Gasteiger partial charge in [-0.2, -0.15) is 0 Å². The number of carbonyl (C=O) groups is 2. The molecule has 0 aromatic rings. The monoisotopic (exact) mass is 268 g/mol. The second kappa shape index (κ2) is 6.78. The molecule has 2 N–H and O–H groups in total. The summed E-state index contributed by atoms with van der Waals surface area (Å²) in [5.74, 6) is 1.51. The molecule has 2 aliphatic carbocycles. The summed E-state index contributed by atoms with van der Waals surface area (Å²) in [5.41, 5.74) is 4.76. The third-order valence-electron chi connectivity index (χ3n) is 4.47. The van der Waals surface area contributed by atoms with Crippen LogP contribution in [-0.2, 0) is 9.53 Å². The molecule has 5 nitrogen and oxygen atoms in total. The van der Waals surface area contributed by atoms with Gasteiger partial charge in [-0.3, -0.25) is 10.2 Å². The fraction of sp³-hybridized carbons (Fsp3) is 0.857. The van der Waals surface area contributed by atoms with Crippen molar-refractivity contribution in [3.63, 3.8) is 0 Å². The van der Waals surface area contributed by atoms with Crippen molar-refractivity contribution in [2.24, 2.45) is 17.8 Å². The highest BCUT2D eigenvalue weighted by Crippen LogP contribution is 2.42. The summed E-state index contributed by atoms with van der Waals surface area (Å²) in [4.78, 5) is 23.1. The van der Waals surface area contributed by atoms with E-state index >= 15 is 0 Å². The van der Waals surface area contributed by atoms with E-state index in [0.717, 1.165) is 25.2 Å². The van der Waals surface area contributed by atoms with E-state index in [-0.39, 0.29) is 11.8 Å². The van der Waals surface area contributed by atoms with Gasteiger partial charge in [0.25, 0.3) is 0 Å². The van der Waals surface area contributed by atoms with Crippen LogP contribution in [0.2, 0.25) is 0 Å². The Morgan fingerprint density at radius 2 is 1.79 bits per heavy atom. The summed E-state index contributed by atoms with van der Waals surface area (Å²) in [6, 6.07) is 0. The quantitative estimate of drug-likeness (QED) is 0.755. The molecule has 2 saturated carbocycles. The largest absolute Gasteiger partial charge is 0.449 e. The summed E-state index contributed by atoms with van der Waals surface area (Å²) < 4.78 is 4.70. The zero-order chi connectivity index (χ0) is 13.7. The molecule has 2 rings (SSSR count). The predicted octanol–water partition coefficient (Wildman–Crippen LogP) is 2.37. The standard InChI is InChI=1S/C14H24N2O3/c1-2-19-14(18)16-15-13(17)12-8-7-10-5-3-4-6-11(10)9-12/h10-12H,2-9H2,1H3,(H,15,17)(H,16,18). The van der Waals surface area contributed by atoms with Gasteiger partial charge in [-0.15, -0.1) is 0 Å². The molecule has 0 saturated heterocycles. The average molecular weight is 268 g/mol. The molecule has 2 fully saturated rings. The summed E-state index contributed by atoms with van der Waals surface area (Å²) in [6.45, 7) is 2.03. The number of carbonyl (C=O) groups excluding carboxylic acids is 2. The summed E-state index contributed by atoms with van der Waals surface area (Å²) >= 11 is 0. The molecule has 0 aliphatic heterocycles. The zero-order valence-corrected chi connectivity index (χ0v) is 11.6. The molecular formula is C14H24N2O3. The van der Waals surface area contributed by atoms with Gasteiger partial charge in [-0.25, -0.2) is 10.2 Å². The Balaban J connectivity index is 1.75. The minimum atomic E-state index is -0.595. The van der Waals surface area contributed by atoms with Crippen LogP contribution in [0.5, 0.6) is 0 Å². The molecular weight excluding hydrogens is 244 g/mol. The van der Waals surface area contributed by atoms with E-state index in [2.05, 4.69) is 10.9 Å². The van der Waals surface area contributed by atoms with Crippen molar-refractivity contribution in [1.82, 2.24) is 10.9 Å². The summed E-state index contributed by atoms with van der Waals surface area (Å²) in [6.07, 6.45) is 7.72. The zero-order valence-electron chi connectivity index (χ0n) is 11.6. The molecule has 0 radical (unpaired) electrons. The minimum Gasteiger partial charge on any atom is -0.449 e. The molecule has 0 heterocycles. The third-order valence-corrected chi connectivity index (χ3v) is 4.47. The van der Waals surface area contributed by atoms with E-state index in [1.807, 2.05) is 0 Å². The first-order valence-corrected chi connectivity index (χ1v) is 7.43. The van der Waals surface area contributed by atoms with Crippen LogP contribution >= 0.6 is 0 Å². The molecule has 108 valence electrons. The molecule has 0 aromatic carbocycles. The van der Waals surface area contributed by atoms with Crippen LogP contribution in [0.15, 0.2) is 0 Å². The Hall–Kier alpha value is -1.26. The predicted molar refractivity (Wildman–Crippen MR) is 71.1 cm³/mol. The lowest BCUT2D eigenvalue weighted by molar-refractivity contribution is -0.128. The van der Waals surface area contributed by atoms with Crippen molar-refractivity contribution in [1.29, 1.82) is 0 Å². The molecule has 19 heavy (non-hydrogen) atoms. The Bertz CT molecular complexity index is 333. The van der Waals surface area contributed by atoms with E-state index < -0.39 is 6.09 Å². The second-order valence-corrected chi connectivity index (χ2v) is 5.65. The van der Waals surface area contributed by atoms with Gasteiger partial charge in [0.1, 0.15) is 0 Å². The van der Waals surface area contributed by atoms with E-state index in [1.165, 1.54) is 25.7 Å².